The number of sulfonamides is 1. The zero-order valence-electron chi connectivity index (χ0n) is 17.2. The number of benzene rings is 3. The van der Waals surface area contributed by atoms with Crippen LogP contribution >= 0.6 is 11.6 Å². The van der Waals surface area contributed by atoms with Gasteiger partial charge >= 0.3 is 0 Å². The van der Waals surface area contributed by atoms with Crippen LogP contribution < -0.4 is 9.64 Å². The first-order chi connectivity index (χ1) is 14.8. The van der Waals surface area contributed by atoms with E-state index in [0.717, 1.165) is 5.56 Å². The topological polar surface area (TPSA) is 66.9 Å². The summed E-state index contributed by atoms with van der Waals surface area (Å²) < 4.78 is 33.1. The molecule has 3 rings (SSSR count). The van der Waals surface area contributed by atoms with Crippen LogP contribution in [0.1, 0.15) is 5.56 Å². The van der Waals surface area contributed by atoms with Crippen LogP contribution in [0, 0.1) is 0 Å². The second kappa shape index (κ2) is 9.96. The molecule has 0 bridgehead atoms. The van der Waals surface area contributed by atoms with Gasteiger partial charge in [-0.15, -0.1) is 0 Å². The summed E-state index contributed by atoms with van der Waals surface area (Å²) in [6, 6.07) is 22.1. The van der Waals surface area contributed by atoms with Crippen LogP contribution in [0.4, 0.5) is 5.69 Å². The number of methoxy groups -OCH3 is 1. The van der Waals surface area contributed by atoms with E-state index in [0.29, 0.717) is 16.5 Å². The number of hydrogen-bond acceptors (Lipinski definition) is 4. The SMILES string of the molecule is COc1cccc(N(C)C(=O)CN(Cc2ccccc2)S(=O)(=O)c2ccc(Cl)cc2)c1. The van der Waals surface area contributed by atoms with Gasteiger partial charge in [0.1, 0.15) is 5.75 Å². The van der Waals surface area contributed by atoms with Gasteiger partial charge in [-0.3, -0.25) is 4.79 Å². The standard InChI is InChI=1S/C23H23ClN2O4S/c1-25(20-9-6-10-21(15-20)30-2)23(27)17-26(16-18-7-4-3-5-8-18)31(28,29)22-13-11-19(24)12-14-22/h3-15H,16-17H2,1-2H3. The van der Waals surface area contributed by atoms with E-state index in [9.17, 15) is 13.2 Å². The van der Waals surface area contributed by atoms with Crippen LogP contribution in [0.3, 0.4) is 0 Å². The molecule has 0 fully saturated rings. The van der Waals surface area contributed by atoms with Crippen LogP contribution in [0.2, 0.25) is 5.02 Å². The molecule has 0 aliphatic rings. The first-order valence-corrected chi connectivity index (χ1v) is 11.3. The summed E-state index contributed by atoms with van der Waals surface area (Å²) >= 11 is 5.91. The molecule has 0 unspecified atom stereocenters. The van der Waals surface area contributed by atoms with Crippen LogP contribution in [0.25, 0.3) is 0 Å². The number of carbonyl (C=O) groups is 1. The van der Waals surface area contributed by atoms with Crippen molar-refractivity contribution in [2.75, 3.05) is 25.6 Å². The number of nitrogens with zero attached hydrogens (tertiary/aromatic N) is 2. The Labute approximate surface area is 187 Å². The van der Waals surface area contributed by atoms with Crippen LogP contribution in [-0.2, 0) is 21.4 Å². The fourth-order valence-corrected chi connectivity index (χ4v) is 4.49. The van der Waals surface area contributed by atoms with E-state index in [1.807, 2.05) is 30.3 Å². The van der Waals surface area contributed by atoms with Gasteiger partial charge in [-0.1, -0.05) is 48.0 Å². The molecule has 0 spiro atoms. The second-order valence-corrected chi connectivity index (χ2v) is 9.24. The third-order valence-electron chi connectivity index (χ3n) is 4.78. The van der Waals surface area contributed by atoms with Crippen molar-refractivity contribution in [3.05, 3.63) is 89.4 Å². The first kappa shape index (κ1) is 22.8. The minimum absolute atomic E-state index is 0.0590. The minimum Gasteiger partial charge on any atom is -0.497 e. The highest BCUT2D eigenvalue weighted by Crippen LogP contribution is 2.23. The molecule has 8 heteroatoms. The highest BCUT2D eigenvalue weighted by Gasteiger charge is 2.28. The molecule has 3 aromatic carbocycles. The van der Waals surface area contributed by atoms with Crippen molar-refractivity contribution in [2.24, 2.45) is 0 Å². The molecule has 0 aliphatic carbocycles. The molecule has 0 atom stereocenters. The Hall–Kier alpha value is -2.87. The lowest BCUT2D eigenvalue weighted by Crippen LogP contribution is -2.41. The van der Waals surface area contributed by atoms with Gasteiger partial charge in [-0.25, -0.2) is 8.42 Å². The molecular formula is C23H23ClN2O4S. The molecule has 0 aliphatic heterocycles. The van der Waals surface area contributed by atoms with Crippen molar-refractivity contribution in [2.45, 2.75) is 11.4 Å². The maximum atomic E-state index is 13.3. The van der Waals surface area contributed by atoms with Gasteiger partial charge in [0, 0.05) is 30.4 Å². The van der Waals surface area contributed by atoms with Crippen LogP contribution in [-0.4, -0.2) is 39.3 Å². The predicted molar refractivity (Wildman–Crippen MR) is 122 cm³/mol. The highest BCUT2D eigenvalue weighted by molar-refractivity contribution is 7.89. The van der Waals surface area contributed by atoms with E-state index in [4.69, 9.17) is 16.3 Å². The molecular weight excluding hydrogens is 436 g/mol. The Morgan fingerprint density at radius 3 is 2.29 bits per heavy atom. The molecule has 0 N–H and O–H groups in total. The number of hydrogen-bond donors (Lipinski definition) is 0. The quantitative estimate of drug-likeness (QED) is 0.507. The van der Waals surface area contributed by atoms with Gasteiger partial charge in [0.15, 0.2) is 0 Å². The van der Waals surface area contributed by atoms with Crippen molar-refractivity contribution < 1.29 is 17.9 Å². The summed E-state index contributed by atoms with van der Waals surface area (Å²) in [4.78, 5) is 14.5. The summed E-state index contributed by atoms with van der Waals surface area (Å²) in [5.41, 5.74) is 1.38. The Morgan fingerprint density at radius 2 is 1.65 bits per heavy atom. The molecule has 0 saturated heterocycles. The van der Waals surface area contributed by atoms with E-state index >= 15 is 0 Å². The van der Waals surface area contributed by atoms with Crippen molar-refractivity contribution in [3.63, 3.8) is 0 Å². The zero-order valence-corrected chi connectivity index (χ0v) is 18.8. The van der Waals surface area contributed by atoms with Gasteiger partial charge in [0.05, 0.1) is 18.6 Å². The summed E-state index contributed by atoms with van der Waals surface area (Å²) in [6.45, 7) is -0.267. The number of likely N-dealkylation sites (N-methyl/N-ethyl adjacent to an activating group) is 1. The monoisotopic (exact) mass is 458 g/mol. The Morgan fingerprint density at radius 1 is 0.968 bits per heavy atom. The fourth-order valence-electron chi connectivity index (χ4n) is 2.99. The van der Waals surface area contributed by atoms with Gasteiger partial charge in [-0.2, -0.15) is 4.31 Å². The smallest absolute Gasteiger partial charge is 0.243 e. The maximum Gasteiger partial charge on any atom is 0.243 e. The first-order valence-electron chi connectivity index (χ1n) is 9.51. The average Bonchev–Trinajstić information content (AvgIpc) is 2.79. The Balaban J connectivity index is 1.90. The molecule has 6 nitrogen and oxygen atoms in total. The predicted octanol–water partition coefficient (Wildman–Crippen LogP) is 4.20. The number of carbonyl (C=O) groups excluding carboxylic acids is 1. The van der Waals surface area contributed by atoms with E-state index in [1.54, 1.807) is 38.4 Å². The molecule has 3 aromatic rings. The number of amides is 1. The lowest BCUT2D eigenvalue weighted by Gasteiger charge is -2.25. The Kier molecular flexibility index (Phi) is 7.33. The fraction of sp³-hybridized carbons (Fsp3) is 0.174. The molecule has 31 heavy (non-hydrogen) atoms. The van der Waals surface area contributed by atoms with Gasteiger partial charge in [0.25, 0.3) is 0 Å². The highest BCUT2D eigenvalue weighted by atomic mass is 35.5. The summed E-state index contributed by atoms with van der Waals surface area (Å²) in [7, 11) is -0.790. The van der Waals surface area contributed by atoms with Gasteiger partial charge < -0.3 is 9.64 Å². The van der Waals surface area contributed by atoms with Crippen LogP contribution in [0.15, 0.2) is 83.8 Å². The third-order valence-corrected chi connectivity index (χ3v) is 6.84. The van der Waals surface area contributed by atoms with Crippen molar-refractivity contribution in [1.29, 1.82) is 0 Å². The molecule has 0 aromatic heterocycles. The maximum absolute atomic E-state index is 13.3. The summed E-state index contributed by atoms with van der Waals surface area (Å²) in [5.74, 6) is 0.230. The lowest BCUT2D eigenvalue weighted by molar-refractivity contribution is -0.118. The minimum atomic E-state index is -3.94. The number of anilines is 1. The van der Waals surface area contributed by atoms with E-state index in [2.05, 4.69) is 0 Å². The summed E-state index contributed by atoms with van der Waals surface area (Å²) in [5, 5.41) is 0.433. The number of ether oxygens (including phenoxy) is 1. The van der Waals surface area contributed by atoms with E-state index in [1.165, 1.54) is 33.5 Å². The van der Waals surface area contributed by atoms with Gasteiger partial charge in [0.2, 0.25) is 15.9 Å². The molecule has 0 radical (unpaired) electrons. The molecule has 162 valence electrons. The number of halogens is 1. The van der Waals surface area contributed by atoms with Crippen molar-refractivity contribution in [1.82, 2.24) is 4.31 Å². The normalized spacial score (nSPS) is 11.4. The molecule has 0 heterocycles. The van der Waals surface area contributed by atoms with E-state index < -0.39 is 10.0 Å². The van der Waals surface area contributed by atoms with Crippen molar-refractivity contribution >= 4 is 33.2 Å². The second-order valence-electron chi connectivity index (χ2n) is 6.87. The Bertz CT molecular complexity index is 1140. The third kappa shape index (κ3) is 5.64. The van der Waals surface area contributed by atoms with E-state index in [-0.39, 0.29) is 23.9 Å². The zero-order chi connectivity index (χ0) is 22.4. The van der Waals surface area contributed by atoms with Crippen LogP contribution in [0.5, 0.6) is 5.75 Å². The summed E-state index contributed by atoms with van der Waals surface area (Å²) in [6.07, 6.45) is 0. The average molecular weight is 459 g/mol. The molecule has 0 saturated carbocycles. The molecule has 1 amide bonds. The number of rotatable bonds is 8. The van der Waals surface area contributed by atoms with Gasteiger partial charge in [-0.05, 0) is 42.0 Å². The largest absolute Gasteiger partial charge is 0.497 e. The lowest BCUT2D eigenvalue weighted by atomic mass is 10.2. The van der Waals surface area contributed by atoms with Crippen molar-refractivity contribution in [3.8, 4) is 5.75 Å².